The summed E-state index contributed by atoms with van der Waals surface area (Å²) in [5.74, 6) is -0.340. The molecule has 0 spiro atoms. The van der Waals surface area contributed by atoms with Crippen molar-refractivity contribution < 1.29 is 28.8 Å². The molecular weight excluding hydrogens is 408 g/mol. The van der Waals surface area contributed by atoms with E-state index in [1.54, 1.807) is 18.2 Å². The highest BCUT2D eigenvalue weighted by Crippen LogP contribution is 2.28. The van der Waals surface area contributed by atoms with Crippen LogP contribution in [0.25, 0.3) is 6.08 Å². The number of nitrogens with one attached hydrogen (secondary N) is 2. The average molecular weight is 426 g/mol. The maximum absolute atomic E-state index is 12.6. The highest BCUT2D eigenvalue weighted by molar-refractivity contribution is 6.15. The van der Waals surface area contributed by atoms with E-state index in [2.05, 4.69) is 10.6 Å². The van der Waals surface area contributed by atoms with Gasteiger partial charge in [-0.15, -0.1) is 0 Å². The maximum Gasteiger partial charge on any atom is 0.329 e. The predicted octanol–water partition coefficient (Wildman–Crippen LogP) is 2.14. The molecule has 0 aliphatic carbocycles. The zero-order valence-corrected chi connectivity index (χ0v) is 16.6. The number of ether oxygens (including phenoxy) is 2. The molecule has 1 aliphatic heterocycles. The molecule has 3 rings (SSSR count). The van der Waals surface area contributed by atoms with E-state index in [0.717, 1.165) is 4.90 Å². The van der Waals surface area contributed by atoms with Crippen LogP contribution < -0.4 is 20.1 Å². The molecule has 0 atom stereocenters. The number of anilines is 1. The summed E-state index contributed by atoms with van der Waals surface area (Å²) in [4.78, 5) is 47.8. The first kappa shape index (κ1) is 21.3. The number of carbonyl (C=O) groups excluding carboxylic acids is 3. The van der Waals surface area contributed by atoms with Crippen LogP contribution in [-0.2, 0) is 9.59 Å². The van der Waals surface area contributed by atoms with E-state index in [4.69, 9.17) is 9.47 Å². The topological polar surface area (TPSA) is 140 Å². The Bertz CT molecular complexity index is 1080. The quantitative estimate of drug-likeness (QED) is 0.299. The molecule has 2 N–H and O–H groups in total. The molecule has 0 saturated carbocycles. The minimum Gasteiger partial charge on any atom is -0.493 e. The first-order chi connectivity index (χ1) is 14.8. The molecule has 0 aromatic heterocycles. The zero-order valence-electron chi connectivity index (χ0n) is 16.6. The van der Waals surface area contributed by atoms with Crippen LogP contribution >= 0.6 is 0 Å². The number of rotatable bonds is 7. The molecule has 0 unspecified atom stereocenters. The molecule has 160 valence electrons. The molecule has 1 heterocycles. The molecule has 0 bridgehead atoms. The highest BCUT2D eigenvalue weighted by atomic mass is 16.6. The number of non-ortho nitro benzene ring substituents is 1. The molecule has 11 heteroatoms. The first-order valence-corrected chi connectivity index (χ1v) is 8.93. The van der Waals surface area contributed by atoms with Crippen LogP contribution in [0, 0.1) is 10.1 Å². The summed E-state index contributed by atoms with van der Waals surface area (Å²) in [7, 11) is 2.97. The minimum absolute atomic E-state index is 0.000329. The molecule has 1 saturated heterocycles. The van der Waals surface area contributed by atoms with Crippen molar-refractivity contribution in [1.82, 2.24) is 10.2 Å². The van der Waals surface area contributed by atoms with Gasteiger partial charge >= 0.3 is 6.03 Å². The number of hydrogen-bond acceptors (Lipinski definition) is 7. The molecule has 31 heavy (non-hydrogen) atoms. The van der Waals surface area contributed by atoms with Crippen molar-refractivity contribution in [3.8, 4) is 11.5 Å². The van der Waals surface area contributed by atoms with Gasteiger partial charge in [0.15, 0.2) is 11.5 Å². The van der Waals surface area contributed by atoms with Crippen LogP contribution in [-0.4, -0.2) is 48.4 Å². The Morgan fingerprint density at radius 1 is 1.13 bits per heavy atom. The minimum atomic E-state index is -0.740. The number of urea groups is 1. The largest absolute Gasteiger partial charge is 0.493 e. The SMILES string of the molecule is COc1ccc(/C=C2\NC(=O)N(CC(=O)Nc3ccc([N+](=O)[O-])cc3)C2=O)cc1OC. The van der Waals surface area contributed by atoms with E-state index in [9.17, 15) is 24.5 Å². The fourth-order valence-electron chi connectivity index (χ4n) is 2.84. The Morgan fingerprint density at radius 2 is 1.81 bits per heavy atom. The average Bonchev–Trinajstić information content (AvgIpc) is 3.01. The molecule has 2 aromatic carbocycles. The highest BCUT2D eigenvalue weighted by Gasteiger charge is 2.35. The van der Waals surface area contributed by atoms with Crippen LogP contribution in [0.5, 0.6) is 11.5 Å². The first-order valence-electron chi connectivity index (χ1n) is 8.93. The number of nitro groups is 1. The lowest BCUT2D eigenvalue weighted by atomic mass is 10.1. The normalized spacial score (nSPS) is 14.4. The standard InChI is InChI=1S/C20H18N4O7/c1-30-16-8-3-12(10-17(16)31-2)9-15-19(26)23(20(27)22-15)11-18(25)21-13-4-6-14(7-5-13)24(28)29/h3-10H,11H2,1-2H3,(H,21,25)(H,22,27)/b15-9-. The number of nitrogens with zero attached hydrogens (tertiary/aromatic N) is 2. The van der Waals surface area contributed by atoms with Crippen molar-refractivity contribution in [3.05, 3.63) is 63.8 Å². The van der Waals surface area contributed by atoms with E-state index in [-0.39, 0.29) is 11.4 Å². The number of nitro benzene ring substituents is 1. The lowest BCUT2D eigenvalue weighted by molar-refractivity contribution is -0.384. The van der Waals surface area contributed by atoms with E-state index in [1.807, 2.05) is 0 Å². The van der Waals surface area contributed by atoms with Gasteiger partial charge in [0.1, 0.15) is 12.2 Å². The van der Waals surface area contributed by atoms with Crippen molar-refractivity contribution in [1.29, 1.82) is 0 Å². The van der Waals surface area contributed by atoms with Gasteiger partial charge in [-0.1, -0.05) is 6.07 Å². The summed E-state index contributed by atoms with van der Waals surface area (Å²) in [5, 5.41) is 15.6. The summed E-state index contributed by atoms with van der Waals surface area (Å²) in [6, 6.07) is 9.39. The smallest absolute Gasteiger partial charge is 0.329 e. The third-order valence-electron chi connectivity index (χ3n) is 4.34. The number of amides is 4. The Kier molecular flexibility index (Phi) is 6.15. The van der Waals surface area contributed by atoms with E-state index in [1.165, 1.54) is 44.6 Å². The summed E-state index contributed by atoms with van der Waals surface area (Å²) in [6.45, 7) is -0.523. The fourth-order valence-corrected chi connectivity index (χ4v) is 2.84. The molecule has 0 radical (unpaired) electrons. The number of methoxy groups -OCH3 is 2. The number of benzene rings is 2. The number of carbonyl (C=O) groups is 3. The Morgan fingerprint density at radius 3 is 2.42 bits per heavy atom. The summed E-state index contributed by atoms with van der Waals surface area (Å²) in [5.41, 5.74) is 0.750. The molecule has 1 aliphatic rings. The third kappa shape index (κ3) is 4.78. The molecule has 1 fully saturated rings. The van der Waals surface area contributed by atoms with Gasteiger partial charge in [-0.25, -0.2) is 9.69 Å². The van der Waals surface area contributed by atoms with Crippen molar-refractivity contribution in [3.63, 3.8) is 0 Å². The zero-order chi connectivity index (χ0) is 22.5. The van der Waals surface area contributed by atoms with Crippen LogP contribution in [0.4, 0.5) is 16.2 Å². The van der Waals surface area contributed by atoms with E-state index < -0.39 is 29.3 Å². The van der Waals surface area contributed by atoms with Gasteiger partial charge in [0.05, 0.1) is 19.1 Å². The van der Waals surface area contributed by atoms with Gasteiger partial charge in [-0.05, 0) is 35.9 Å². The number of hydrogen-bond donors (Lipinski definition) is 2. The summed E-state index contributed by atoms with van der Waals surface area (Å²) in [6.07, 6.45) is 1.45. The van der Waals surface area contributed by atoms with Crippen molar-refractivity contribution >= 4 is 35.3 Å². The second kappa shape index (κ2) is 8.95. The van der Waals surface area contributed by atoms with Crippen molar-refractivity contribution in [2.24, 2.45) is 0 Å². The third-order valence-corrected chi connectivity index (χ3v) is 4.34. The molecule has 2 aromatic rings. The van der Waals surface area contributed by atoms with Gasteiger partial charge in [-0.3, -0.25) is 19.7 Å². The Labute approximate surface area is 176 Å². The lowest BCUT2D eigenvalue weighted by Crippen LogP contribution is -2.38. The second-order valence-corrected chi connectivity index (χ2v) is 6.35. The van der Waals surface area contributed by atoms with Crippen LogP contribution in [0.15, 0.2) is 48.2 Å². The number of imide groups is 1. The van der Waals surface area contributed by atoms with E-state index in [0.29, 0.717) is 22.7 Å². The van der Waals surface area contributed by atoms with Crippen LogP contribution in [0.2, 0.25) is 0 Å². The predicted molar refractivity (Wildman–Crippen MR) is 109 cm³/mol. The van der Waals surface area contributed by atoms with E-state index >= 15 is 0 Å². The maximum atomic E-state index is 12.6. The summed E-state index contributed by atoms with van der Waals surface area (Å²) >= 11 is 0. The van der Waals surface area contributed by atoms with Crippen molar-refractivity contribution in [2.45, 2.75) is 0 Å². The monoisotopic (exact) mass is 426 g/mol. The van der Waals surface area contributed by atoms with Crippen LogP contribution in [0.3, 0.4) is 0 Å². The second-order valence-electron chi connectivity index (χ2n) is 6.35. The molecule has 4 amide bonds. The summed E-state index contributed by atoms with van der Waals surface area (Å²) < 4.78 is 10.4. The van der Waals surface area contributed by atoms with Crippen LogP contribution in [0.1, 0.15) is 5.56 Å². The van der Waals surface area contributed by atoms with Gasteiger partial charge in [0.2, 0.25) is 5.91 Å². The lowest BCUT2D eigenvalue weighted by Gasteiger charge is -2.12. The molecular formula is C20H18N4O7. The Hall–Kier alpha value is -4.41. The van der Waals surface area contributed by atoms with Crippen molar-refractivity contribution in [2.75, 3.05) is 26.1 Å². The van der Waals surface area contributed by atoms with Gasteiger partial charge in [-0.2, -0.15) is 0 Å². The molecule has 11 nitrogen and oxygen atoms in total. The fraction of sp³-hybridized carbons (Fsp3) is 0.150. The van der Waals surface area contributed by atoms with Gasteiger partial charge in [0, 0.05) is 17.8 Å². The van der Waals surface area contributed by atoms with Gasteiger partial charge < -0.3 is 20.1 Å². The van der Waals surface area contributed by atoms with Gasteiger partial charge in [0.25, 0.3) is 11.6 Å². The Balaban J connectivity index is 1.69.